The van der Waals surface area contributed by atoms with Crippen LogP contribution in [-0.4, -0.2) is 36.9 Å². The first kappa shape index (κ1) is 16.2. The van der Waals surface area contributed by atoms with E-state index in [0.717, 1.165) is 48.0 Å². The minimum absolute atomic E-state index is 0.332. The zero-order valence-corrected chi connectivity index (χ0v) is 14.8. The van der Waals surface area contributed by atoms with Crippen LogP contribution in [0, 0.1) is 6.92 Å². The van der Waals surface area contributed by atoms with Crippen LogP contribution >= 0.6 is 0 Å². The third-order valence-corrected chi connectivity index (χ3v) is 5.00. The Kier molecular flexibility index (Phi) is 4.49. The van der Waals surface area contributed by atoms with Crippen molar-refractivity contribution in [1.82, 2.24) is 10.1 Å². The van der Waals surface area contributed by atoms with Crippen molar-refractivity contribution in [2.24, 2.45) is 0 Å². The van der Waals surface area contributed by atoms with E-state index in [9.17, 15) is 0 Å². The van der Waals surface area contributed by atoms with Gasteiger partial charge in [0.05, 0.1) is 13.2 Å². The van der Waals surface area contributed by atoms with Crippen LogP contribution in [-0.2, 0) is 0 Å². The first-order valence-corrected chi connectivity index (χ1v) is 8.90. The van der Waals surface area contributed by atoms with Gasteiger partial charge in [-0.1, -0.05) is 11.6 Å². The highest BCUT2D eigenvalue weighted by molar-refractivity contribution is 5.64. The number of hydrogen-bond acceptors (Lipinski definition) is 5. The molecule has 0 saturated carbocycles. The van der Waals surface area contributed by atoms with E-state index < -0.39 is 0 Å². The summed E-state index contributed by atoms with van der Waals surface area (Å²) in [5, 5.41) is 4.26. The molecule has 0 spiro atoms. The number of ether oxygens (including phenoxy) is 2. The number of aromatic nitrogens is 1. The number of methoxy groups -OCH3 is 1. The molecule has 0 amide bonds. The second-order valence-electron chi connectivity index (χ2n) is 6.84. The van der Waals surface area contributed by atoms with Crippen molar-refractivity contribution in [1.29, 1.82) is 0 Å². The van der Waals surface area contributed by atoms with Crippen LogP contribution in [0.1, 0.15) is 42.3 Å². The Hall–Kier alpha value is -2.27. The number of hydrogen-bond donors (Lipinski definition) is 0. The maximum atomic E-state index is 5.94. The summed E-state index contributed by atoms with van der Waals surface area (Å²) in [7, 11) is 1.69. The van der Waals surface area contributed by atoms with Gasteiger partial charge >= 0.3 is 0 Å². The lowest BCUT2D eigenvalue weighted by Gasteiger charge is -2.35. The van der Waals surface area contributed by atoms with Crippen molar-refractivity contribution in [2.75, 3.05) is 26.8 Å². The Morgan fingerprint density at radius 2 is 2.20 bits per heavy atom. The molecule has 0 aliphatic carbocycles. The van der Waals surface area contributed by atoms with Crippen molar-refractivity contribution in [3.05, 3.63) is 46.9 Å². The van der Waals surface area contributed by atoms with Gasteiger partial charge < -0.3 is 14.0 Å². The Labute approximate surface area is 148 Å². The molecule has 0 radical (unpaired) electrons. The Balaban J connectivity index is 1.54. The monoisotopic (exact) mass is 340 g/mol. The van der Waals surface area contributed by atoms with Gasteiger partial charge in [0.2, 0.25) is 0 Å². The lowest BCUT2D eigenvalue weighted by molar-refractivity contribution is 0.150. The van der Waals surface area contributed by atoms with Crippen molar-refractivity contribution in [3.8, 4) is 11.5 Å². The third-order valence-electron chi connectivity index (χ3n) is 5.00. The second-order valence-corrected chi connectivity index (χ2v) is 6.84. The molecule has 0 N–H and O–H groups in total. The summed E-state index contributed by atoms with van der Waals surface area (Å²) in [5.41, 5.74) is 3.43. The van der Waals surface area contributed by atoms with Gasteiger partial charge in [-0.3, -0.25) is 4.90 Å². The van der Waals surface area contributed by atoms with E-state index in [4.69, 9.17) is 14.0 Å². The Bertz CT molecular complexity index is 781. The second kappa shape index (κ2) is 6.92. The minimum Gasteiger partial charge on any atom is -0.497 e. The smallest absolute Gasteiger partial charge is 0.133 e. The average molecular weight is 340 g/mol. The SMILES string of the molecule is COc1ccc2c(c1)C=C(CN1CCCCC1c1cc(C)on1)CO2. The topological polar surface area (TPSA) is 47.7 Å². The van der Waals surface area contributed by atoms with E-state index >= 15 is 0 Å². The predicted molar refractivity (Wildman–Crippen MR) is 95.9 cm³/mol. The summed E-state index contributed by atoms with van der Waals surface area (Å²) in [6, 6.07) is 8.34. The maximum absolute atomic E-state index is 5.94. The fourth-order valence-electron chi connectivity index (χ4n) is 3.74. The zero-order chi connectivity index (χ0) is 17.2. The molecule has 25 heavy (non-hydrogen) atoms. The van der Waals surface area contributed by atoms with Gasteiger partial charge in [-0.2, -0.15) is 0 Å². The molecule has 1 aromatic heterocycles. The van der Waals surface area contributed by atoms with Gasteiger partial charge in [0.1, 0.15) is 29.6 Å². The van der Waals surface area contributed by atoms with Crippen LogP contribution in [0.2, 0.25) is 0 Å². The number of aryl methyl sites for hydroxylation is 1. The summed E-state index contributed by atoms with van der Waals surface area (Å²) in [6.07, 6.45) is 5.83. The molecule has 5 nitrogen and oxygen atoms in total. The van der Waals surface area contributed by atoms with E-state index in [1.165, 1.54) is 18.4 Å². The van der Waals surface area contributed by atoms with E-state index in [0.29, 0.717) is 12.6 Å². The average Bonchev–Trinajstić information content (AvgIpc) is 3.08. The molecular weight excluding hydrogens is 316 g/mol. The molecule has 0 bridgehead atoms. The van der Waals surface area contributed by atoms with Crippen LogP contribution in [0.15, 0.2) is 34.4 Å². The van der Waals surface area contributed by atoms with Gasteiger partial charge in [-0.15, -0.1) is 0 Å². The quantitative estimate of drug-likeness (QED) is 0.842. The third kappa shape index (κ3) is 3.42. The summed E-state index contributed by atoms with van der Waals surface area (Å²) >= 11 is 0. The first-order chi connectivity index (χ1) is 12.2. The number of likely N-dealkylation sites (tertiary alicyclic amines) is 1. The zero-order valence-electron chi connectivity index (χ0n) is 14.8. The highest BCUT2D eigenvalue weighted by Crippen LogP contribution is 2.34. The largest absolute Gasteiger partial charge is 0.497 e. The van der Waals surface area contributed by atoms with E-state index in [2.05, 4.69) is 22.2 Å². The molecule has 1 saturated heterocycles. The molecule has 3 heterocycles. The van der Waals surface area contributed by atoms with Crippen molar-refractivity contribution in [2.45, 2.75) is 32.2 Å². The number of fused-ring (bicyclic) bond motifs is 1. The van der Waals surface area contributed by atoms with Gasteiger partial charge in [-0.25, -0.2) is 0 Å². The van der Waals surface area contributed by atoms with Crippen molar-refractivity contribution in [3.63, 3.8) is 0 Å². The maximum Gasteiger partial charge on any atom is 0.133 e. The van der Waals surface area contributed by atoms with Crippen molar-refractivity contribution >= 4 is 6.08 Å². The molecule has 2 aliphatic heterocycles. The van der Waals surface area contributed by atoms with E-state index in [1.807, 2.05) is 25.1 Å². The van der Waals surface area contributed by atoms with Crippen molar-refractivity contribution < 1.29 is 14.0 Å². The number of piperidine rings is 1. The normalized spacial score (nSPS) is 20.6. The summed E-state index contributed by atoms with van der Waals surface area (Å²) in [6.45, 7) is 4.57. The van der Waals surface area contributed by atoms with Crippen LogP contribution in [0.5, 0.6) is 11.5 Å². The lowest BCUT2D eigenvalue weighted by Crippen LogP contribution is -2.36. The molecule has 1 aromatic carbocycles. The fourth-order valence-corrected chi connectivity index (χ4v) is 3.74. The summed E-state index contributed by atoms with van der Waals surface area (Å²) in [4.78, 5) is 2.50. The van der Waals surface area contributed by atoms with E-state index in [-0.39, 0.29) is 0 Å². The highest BCUT2D eigenvalue weighted by Gasteiger charge is 2.27. The molecule has 4 rings (SSSR count). The summed E-state index contributed by atoms with van der Waals surface area (Å²) in [5.74, 6) is 2.66. The van der Waals surface area contributed by atoms with Gasteiger partial charge in [0.25, 0.3) is 0 Å². The molecule has 1 fully saturated rings. The van der Waals surface area contributed by atoms with Crippen LogP contribution in [0.25, 0.3) is 6.08 Å². The molecular formula is C20H24N2O3. The van der Waals surface area contributed by atoms with Gasteiger partial charge in [-0.05, 0) is 56.2 Å². The standard InChI is InChI=1S/C20H24N2O3/c1-14-9-18(21-25-14)19-5-3-4-8-22(19)12-15-10-16-11-17(23-2)6-7-20(16)24-13-15/h6-7,9-11,19H,3-5,8,12-13H2,1-2H3. The van der Waals surface area contributed by atoms with Gasteiger partial charge in [0, 0.05) is 18.2 Å². The van der Waals surface area contributed by atoms with Crippen LogP contribution < -0.4 is 9.47 Å². The number of rotatable bonds is 4. The molecule has 2 aliphatic rings. The van der Waals surface area contributed by atoms with Crippen LogP contribution in [0.4, 0.5) is 0 Å². The molecule has 2 aromatic rings. The molecule has 1 atom stereocenters. The molecule has 1 unspecified atom stereocenters. The lowest BCUT2D eigenvalue weighted by atomic mass is 9.97. The number of benzene rings is 1. The molecule has 5 heteroatoms. The van der Waals surface area contributed by atoms with Gasteiger partial charge in [0.15, 0.2) is 0 Å². The first-order valence-electron chi connectivity index (χ1n) is 8.90. The fraction of sp³-hybridized carbons (Fsp3) is 0.450. The Morgan fingerprint density at radius 3 is 3.00 bits per heavy atom. The summed E-state index contributed by atoms with van der Waals surface area (Å²) < 4.78 is 16.6. The minimum atomic E-state index is 0.332. The highest BCUT2D eigenvalue weighted by atomic mass is 16.5. The number of nitrogens with zero attached hydrogens (tertiary/aromatic N) is 2. The Morgan fingerprint density at radius 1 is 1.28 bits per heavy atom. The predicted octanol–water partition coefficient (Wildman–Crippen LogP) is 3.99. The molecule has 132 valence electrons. The van der Waals surface area contributed by atoms with E-state index in [1.54, 1.807) is 7.11 Å². The van der Waals surface area contributed by atoms with Crippen LogP contribution in [0.3, 0.4) is 0 Å².